The van der Waals surface area contributed by atoms with E-state index >= 15 is 0 Å². The molecular formula is H18Si9. The van der Waals surface area contributed by atoms with E-state index in [2.05, 4.69) is 0 Å². The molecule has 0 nitrogen and oxygen atoms in total. The Morgan fingerprint density at radius 3 is 2.33 bits per heavy atom. The van der Waals surface area contributed by atoms with Crippen molar-refractivity contribution in [3.8, 4) is 0 Å². The predicted molar refractivity (Wildman–Crippen MR) is 76.9 cm³/mol. The zero-order valence-electron chi connectivity index (χ0n) is 6.91. The van der Waals surface area contributed by atoms with E-state index in [0.29, 0.717) is 7.35 Å². The molecule has 1 aliphatic rings. The molecule has 0 aromatic carbocycles. The maximum atomic E-state index is 1.84. The van der Waals surface area contributed by atoms with Crippen LogP contribution in [0.15, 0.2) is 0 Å². The standard InChI is InChI=1S/H18Si9/c1-8-5-4-6-9(2,3)7-8/h8H,4-7H2,1-3H3. The normalized spacial score (nSPS) is 56.7. The molecular weight excluding hydrogens is 253 g/mol. The summed E-state index contributed by atoms with van der Waals surface area (Å²) >= 11 is 0. The van der Waals surface area contributed by atoms with Crippen LogP contribution in [-0.4, -0.2) is 77.0 Å². The highest BCUT2D eigenvalue weighted by atomic mass is 30.4. The Balaban J connectivity index is 2.41. The van der Waals surface area contributed by atoms with Gasteiger partial charge in [0.25, 0.3) is 0 Å². The van der Waals surface area contributed by atoms with Crippen molar-refractivity contribution in [3.05, 3.63) is 0 Å². The Morgan fingerprint density at radius 2 is 2.00 bits per heavy atom. The first kappa shape index (κ1) is 9.04. The second-order valence-electron chi connectivity index (χ2n) is 4.37. The average Bonchev–Trinajstić information content (AvgIpc) is 1.60. The van der Waals surface area contributed by atoms with Crippen LogP contribution >= 0.6 is 0 Å². The van der Waals surface area contributed by atoms with Gasteiger partial charge in [0, 0.05) is 0 Å². The summed E-state index contributed by atoms with van der Waals surface area (Å²) in [6.45, 7) is 0. The number of hydrogen-bond donors (Lipinski definition) is 0. The third-order valence-corrected chi connectivity index (χ3v) is 199. The van der Waals surface area contributed by atoms with Crippen LogP contribution < -0.4 is 0 Å². The van der Waals surface area contributed by atoms with Crippen LogP contribution in [0.25, 0.3) is 0 Å². The van der Waals surface area contributed by atoms with Crippen LogP contribution in [0.5, 0.6) is 0 Å². The minimum atomic E-state index is 0.0949. The SMILES string of the molecule is [SiH3][SiH]1[SiH2][SiH2][SiH2][Si]([SiH3])([SiH3])[SiH2]1. The lowest BCUT2D eigenvalue weighted by Gasteiger charge is -2.29. The maximum Gasteiger partial charge on any atom is -0.00577 e. The molecule has 0 aliphatic carbocycles. The molecule has 1 atom stereocenters. The average molecular weight is 271 g/mol. The molecule has 1 saturated heterocycles. The van der Waals surface area contributed by atoms with E-state index in [1.807, 2.05) is 29.3 Å². The van der Waals surface area contributed by atoms with Crippen molar-refractivity contribution in [2.45, 2.75) is 0 Å². The highest BCUT2D eigenvalue weighted by Crippen LogP contribution is 1.91. The molecule has 0 amide bonds. The van der Waals surface area contributed by atoms with Gasteiger partial charge in [-0.2, -0.15) is 0 Å². The number of rotatable bonds is 0. The van der Waals surface area contributed by atoms with Gasteiger partial charge in [-0.25, -0.2) is 0 Å². The molecule has 1 rings (SSSR count). The highest BCUT2D eigenvalue weighted by Gasteiger charge is 2.28. The van der Waals surface area contributed by atoms with Crippen LogP contribution in [-0.2, 0) is 0 Å². The Hall–Kier alpha value is 1.95. The fourth-order valence-electron chi connectivity index (χ4n) is 2.08. The minimum absolute atomic E-state index is 0.0949. The van der Waals surface area contributed by atoms with E-state index in [9.17, 15) is 0 Å². The molecule has 1 aliphatic heterocycles. The summed E-state index contributed by atoms with van der Waals surface area (Å²) in [6, 6.07) is 0. The second-order valence-corrected chi connectivity index (χ2v) is 118. The van der Waals surface area contributed by atoms with Gasteiger partial charge in [-0.3, -0.25) is 0 Å². The molecule has 0 aromatic heterocycles. The van der Waals surface area contributed by atoms with Crippen LogP contribution in [0.4, 0.5) is 0 Å². The van der Waals surface area contributed by atoms with Crippen molar-refractivity contribution in [3.63, 3.8) is 0 Å². The van der Waals surface area contributed by atoms with Crippen molar-refractivity contribution in [1.29, 1.82) is 0 Å². The van der Waals surface area contributed by atoms with Crippen LogP contribution in [0.3, 0.4) is 0 Å². The molecule has 0 bridgehead atoms. The van der Waals surface area contributed by atoms with E-state index in [0.717, 1.165) is 34.2 Å². The van der Waals surface area contributed by atoms with Gasteiger partial charge in [0.2, 0.25) is 0 Å². The summed E-state index contributed by atoms with van der Waals surface area (Å²) < 4.78 is 0. The summed E-state index contributed by atoms with van der Waals surface area (Å²) in [5.41, 5.74) is 0. The molecule has 0 aromatic rings. The van der Waals surface area contributed by atoms with E-state index < -0.39 is 0 Å². The van der Waals surface area contributed by atoms with Gasteiger partial charge in [0.15, 0.2) is 0 Å². The summed E-state index contributed by atoms with van der Waals surface area (Å²) in [7, 11) is 9.49. The zero-order valence-corrected chi connectivity index (χ0v) is 20.7. The van der Waals surface area contributed by atoms with Crippen molar-refractivity contribution in [1.82, 2.24) is 0 Å². The van der Waals surface area contributed by atoms with Gasteiger partial charge >= 0.3 is 0 Å². The van der Waals surface area contributed by atoms with E-state index in [1.54, 1.807) is 0 Å². The maximum absolute atomic E-state index is 1.84. The quantitative estimate of drug-likeness (QED) is 0.384. The van der Waals surface area contributed by atoms with Gasteiger partial charge in [-0.15, -0.1) is 0 Å². The first-order chi connectivity index (χ1) is 4.10. The lowest BCUT2D eigenvalue weighted by atomic mass is 25.8. The van der Waals surface area contributed by atoms with Crippen molar-refractivity contribution in [2.75, 3.05) is 0 Å². The molecule has 1 heterocycles. The summed E-state index contributed by atoms with van der Waals surface area (Å²) in [6.07, 6.45) is 0.0949. The van der Waals surface area contributed by atoms with E-state index in [1.165, 1.54) is 0 Å². The fraction of sp³-hybridized carbons (Fsp3) is 0. The zero-order chi connectivity index (χ0) is 6.91. The first-order valence-corrected chi connectivity index (χ1v) is 36.9. The highest BCUT2D eigenvalue weighted by molar-refractivity contribution is 8.04. The summed E-state index contributed by atoms with van der Waals surface area (Å²) in [5, 5.41) is 0. The molecule has 9 heteroatoms. The molecule has 1 unspecified atom stereocenters. The first-order valence-electron chi connectivity index (χ1n) is 4.10. The van der Waals surface area contributed by atoms with Gasteiger partial charge in [0.1, 0.15) is 0 Å². The molecule has 0 radical (unpaired) electrons. The molecule has 54 valence electrons. The van der Waals surface area contributed by atoms with Crippen LogP contribution in [0, 0.1) is 0 Å². The smallest absolute Gasteiger partial charge is 0.00577 e. The molecule has 0 spiro atoms. The molecule has 0 N–H and O–H groups in total. The van der Waals surface area contributed by atoms with Gasteiger partial charge < -0.3 is 0 Å². The van der Waals surface area contributed by atoms with Gasteiger partial charge in [-0.05, 0) is 77.0 Å². The second kappa shape index (κ2) is 3.57. The van der Waals surface area contributed by atoms with E-state index in [4.69, 9.17) is 0 Å². The van der Waals surface area contributed by atoms with Crippen molar-refractivity contribution in [2.24, 2.45) is 0 Å². The summed E-state index contributed by atoms with van der Waals surface area (Å²) in [5.74, 6) is 0. The van der Waals surface area contributed by atoms with Crippen LogP contribution in [0.1, 0.15) is 0 Å². The van der Waals surface area contributed by atoms with Gasteiger partial charge in [-0.1, -0.05) is 0 Å². The Kier molecular flexibility index (Phi) is 3.58. The predicted octanol–water partition coefficient (Wildman–Crippen LogP) is -8.25. The molecule has 0 saturated carbocycles. The molecule has 1 fully saturated rings. The third-order valence-electron chi connectivity index (χ3n) is 2.45. The number of hydrogen-bond acceptors (Lipinski definition) is 0. The lowest BCUT2D eigenvalue weighted by molar-refractivity contribution is 3.47. The van der Waals surface area contributed by atoms with Crippen LogP contribution in [0.2, 0.25) is 0 Å². The Morgan fingerprint density at radius 1 is 1.33 bits per heavy atom. The Labute approximate surface area is 76.6 Å². The van der Waals surface area contributed by atoms with E-state index in [-0.39, 0.29) is 6.14 Å². The topological polar surface area (TPSA) is 0 Å². The fourth-order valence-corrected chi connectivity index (χ4v) is 505. The van der Waals surface area contributed by atoms with Crippen molar-refractivity contribution >= 4 is 77.0 Å². The summed E-state index contributed by atoms with van der Waals surface area (Å²) in [4.78, 5) is 0. The van der Waals surface area contributed by atoms with Crippen molar-refractivity contribution < 1.29 is 0 Å². The molecule has 9 heavy (non-hydrogen) atoms. The Bertz CT molecular complexity index is 92.2. The third kappa shape index (κ3) is 3.23. The minimum Gasteiger partial charge on any atom is -0.0115 e. The monoisotopic (exact) mass is 270 g/mol. The lowest BCUT2D eigenvalue weighted by Crippen LogP contribution is -2.66. The van der Waals surface area contributed by atoms with Gasteiger partial charge in [0.05, 0.1) is 0 Å². The largest absolute Gasteiger partial charge is 0.0115 e.